The first kappa shape index (κ1) is 27.7. The summed E-state index contributed by atoms with van der Waals surface area (Å²) in [4.78, 5) is 27.1. The molecule has 0 atom stereocenters. The fourth-order valence-corrected chi connectivity index (χ4v) is 6.66. The van der Waals surface area contributed by atoms with Gasteiger partial charge in [0.25, 0.3) is 15.7 Å². The molecule has 43 heavy (non-hydrogen) atoms. The summed E-state index contributed by atoms with van der Waals surface area (Å²) in [6, 6.07) is 23.0. The number of aryl methyl sites for hydroxylation is 2. The van der Waals surface area contributed by atoms with Crippen LogP contribution in [-0.2, 0) is 16.6 Å². The zero-order chi connectivity index (χ0) is 30.3. The highest BCUT2D eigenvalue weighted by Gasteiger charge is 2.28. The number of rotatable bonds is 8. The van der Waals surface area contributed by atoms with Crippen molar-refractivity contribution >= 4 is 33.0 Å². The van der Waals surface area contributed by atoms with Crippen molar-refractivity contribution in [2.24, 2.45) is 0 Å². The third kappa shape index (κ3) is 4.79. The Balaban J connectivity index is 1.67. The van der Waals surface area contributed by atoms with Crippen molar-refractivity contribution < 1.29 is 18.1 Å². The van der Waals surface area contributed by atoms with Crippen molar-refractivity contribution in [1.29, 1.82) is 0 Å². The molecule has 0 fully saturated rings. The average molecular weight is 592 g/mol. The Morgan fingerprint density at radius 1 is 0.930 bits per heavy atom. The van der Waals surface area contributed by atoms with Gasteiger partial charge in [-0.3, -0.25) is 19.6 Å². The van der Waals surface area contributed by atoms with E-state index in [2.05, 4.69) is 4.98 Å². The molecular formula is C32H25N5O5S. The summed E-state index contributed by atoms with van der Waals surface area (Å²) in [7, 11) is -4.13. The summed E-state index contributed by atoms with van der Waals surface area (Å²) in [5, 5.41) is 16.5. The largest absolute Gasteiger partial charge is 0.298 e. The van der Waals surface area contributed by atoms with Crippen molar-refractivity contribution in [2.75, 3.05) is 0 Å². The van der Waals surface area contributed by atoms with Crippen LogP contribution < -0.4 is 0 Å². The van der Waals surface area contributed by atoms with Crippen LogP contribution in [0, 0.1) is 17.0 Å². The number of carbonyl (C=O) groups excluding carboxylic acids is 1. The number of pyridine rings is 1. The number of fused-ring (bicyclic) bond motifs is 1. The lowest BCUT2D eigenvalue weighted by atomic mass is 9.99. The second-order valence-corrected chi connectivity index (χ2v) is 11.7. The summed E-state index contributed by atoms with van der Waals surface area (Å²) in [5.74, 6) is 0. The van der Waals surface area contributed by atoms with E-state index < -0.39 is 14.9 Å². The summed E-state index contributed by atoms with van der Waals surface area (Å²) in [6.07, 6.45) is 4.14. The molecule has 0 spiro atoms. The van der Waals surface area contributed by atoms with Crippen LogP contribution in [0.25, 0.3) is 44.7 Å². The fraction of sp³-hybridized carbons (Fsp3) is 0.0938. The molecule has 3 aromatic heterocycles. The number of hydrogen-bond donors (Lipinski definition) is 0. The molecule has 0 saturated carbocycles. The van der Waals surface area contributed by atoms with Gasteiger partial charge < -0.3 is 0 Å². The standard InChI is InChI=1S/C32H25N5O5S/c1-3-35-19-29(31(34-35)23-11-13-24(14-12-23)37(39)40)26-15-16-33-32-28(26)18-30(27-17-22(20-38)10-9-21(27)2)36(32)43(41,42)25-7-5-4-6-8-25/h4-20H,3H2,1-2H3. The molecule has 6 aromatic rings. The van der Waals surface area contributed by atoms with Gasteiger partial charge in [-0.05, 0) is 67.4 Å². The maximum Gasteiger partial charge on any atom is 0.269 e. The number of aldehydes is 1. The second-order valence-electron chi connectivity index (χ2n) is 9.95. The lowest BCUT2D eigenvalue weighted by molar-refractivity contribution is -0.384. The van der Waals surface area contributed by atoms with Crippen molar-refractivity contribution in [2.45, 2.75) is 25.3 Å². The number of nitro groups is 1. The Kier molecular flexibility index (Phi) is 6.95. The minimum atomic E-state index is -4.13. The minimum Gasteiger partial charge on any atom is -0.298 e. The summed E-state index contributed by atoms with van der Waals surface area (Å²) in [6.45, 7) is 4.37. The smallest absolute Gasteiger partial charge is 0.269 e. The zero-order valence-corrected chi connectivity index (χ0v) is 24.0. The number of nitrogens with zero attached hydrogens (tertiary/aromatic N) is 5. The lowest BCUT2D eigenvalue weighted by Gasteiger charge is -2.13. The molecule has 10 nitrogen and oxygen atoms in total. The topological polar surface area (TPSA) is 130 Å². The first-order chi connectivity index (χ1) is 20.7. The molecule has 0 unspecified atom stereocenters. The Labute approximate surface area is 247 Å². The van der Waals surface area contributed by atoms with Gasteiger partial charge in [-0.2, -0.15) is 5.10 Å². The van der Waals surface area contributed by atoms with E-state index in [1.807, 2.05) is 20.0 Å². The number of non-ortho nitro benzene ring substituents is 1. The van der Waals surface area contributed by atoms with Gasteiger partial charge in [-0.25, -0.2) is 17.4 Å². The zero-order valence-electron chi connectivity index (χ0n) is 23.2. The minimum absolute atomic E-state index is 0.0349. The number of hydrogen-bond acceptors (Lipinski definition) is 7. The average Bonchev–Trinajstić information content (AvgIpc) is 3.64. The summed E-state index contributed by atoms with van der Waals surface area (Å²) in [5.41, 5.74) is 4.96. The molecular weight excluding hydrogens is 566 g/mol. The van der Waals surface area contributed by atoms with Gasteiger partial charge in [0.15, 0.2) is 5.65 Å². The van der Waals surface area contributed by atoms with Crippen LogP contribution in [0.1, 0.15) is 22.8 Å². The van der Waals surface area contributed by atoms with E-state index in [4.69, 9.17) is 5.10 Å². The van der Waals surface area contributed by atoms with E-state index >= 15 is 0 Å². The van der Waals surface area contributed by atoms with Crippen LogP contribution in [0.2, 0.25) is 0 Å². The van der Waals surface area contributed by atoms with E-state index in [1.54, 1.807) is 71.5 Å². The van der Waals surface area contributed by atoms with E-state index in [0.717, 1.165) is 11.8 Å². The van der Waals surface area contributed by atoms with Gasteiger partial charge in [-0.15, -0.1) is 0 Å². The molecule has 214 valence electrons. The van der Waals surface area contributed by atoms with E-state index in [1.165, 1.54) is 28.2 Å². The molecule has 0 amide bonds. The first-order valence-corrected chi connectivity index (χ1v) is 14.9. The van der Waals surface area contributed by atoms with Gasteiger partial charge >= 0.3 is 0 Å². The molecule has 11 heteroatoms. The lowest BCUT2D eigenvalue weighted by Crippen LogP contribution is -2.15. The Hall–Kier alpha value is -5.42. The summed E-state index contributed by atoms with van der Waals surface area (Å²) >= 11 is 0. The number of benzene rings is 3. The Morgan fingerprint density at radius 2 is 1.67 bits per heavy atom. The highest BCUT2D eigenvalue weighted by atomic mass is 32.2. The second kappa shape index (κ2) is 10.8. The van der Waals surface area contributed by atoms with Crippen molar-refractivity contribution in [3.63, 3.8) is 0 Å². The van der Waals surface area contributed by atoms with Crippen LogP contribution in [0.3, 0.4) is 0 Å². The maximum absolute atomic E-state index is 14.2. The highest BCUT2D eigenvalue weighted by Crippen LogP contribution is 2.40. The van der Waals surface area contributed by atoms with Crippen LogP contribution in [0.4, 0.5) is 5.69 Å². The molecule has 0 aliphatic heterocycles. The number of carbonyl (C=O) groups is 1. The maximum atomic E-state index is 14.2. The van der Waals surface area contributed by atoms with Gasteiger partial charge in [0.05, 0.1) is 15.5 Å². The molecule has 0 radical (unpaired) electrons. The molecule has 0 N–H and O–H groups in total. The van der Waals surface area contributed by atoms with Crippen LogP contribution in [0.5, 0.6) is 0 Å². The Bertz CT molecular complexity index is 2130. The van der Waals surface area contributed by atoms with Crippen molar-refractivity contribution in [3.8, 4) is 33.6 Å². The quantitative estimate of drug-likeness (QED) is 0.112. The number of nitro benzene ring substituents is 1. The SMILES string of the molecule is CCn1cc(-c2ccnc3c2cc(-c2cc(C=O)ccc2C)n3S(=O)(=O)c2ccccc2)c(-c2ccc([N+](=O)[O-])cc2)n1. The molecule has 0 bridgehead atoms. The Morgan fingerprint density at radius 3 is 2.35 bits per heavy atom. The van der Waals surface area contributed by atoms with Gasteiger partial charge in [0.1, 0.15) is 12.0 Å². The van der Waals surface area contributed by atoms with Crippen LogP contribution >= 0.6 is 0 Å². The molecule has 6 rings (SSSR count). The van der Waals surface area contributed by atoms with Gasteiger partial charge in [0.2, 0.25) is 0 Å². The summed E-state index contributed by atoms with van der Waals surface area (Å²) < 4.78 is 31.4. The van der Waals surface area contributed by atoms with Gasteiger partial charge in [-0.1, -0.05) is 30.3 Å². The van der Waals surface area contributed by atoms with Gasteiger partial charge in [0, 0.05) is 58.7 Å². The van der Waals surface area contributed by atoms with Crippen molar-refractivity contribution in [1.82, 2.24) is 18.7 Å². The fourth-order valence-electron chi connectivity index (χ4n) is 5.16. The third-order valence-corrected chi connectivity index (χ3v) is 9.06. The molecule has 0 aliphatic carbocycles. The van der Waals surface area contributed by atoms with Crippen LogP contribution in [-0.4, -0.2) is 38.4 Å². The molecule has 3 aromatic carbocycles. The molecule has 3 heterocycles. The van der Waals surface area contributed by atoms with E-state index in [9.17, 15) is 23.3 Å². The van der Waals surface area contributed by atoms with E-state index in [-0.39, 0.29) is 16.2 Å². The predicted molar refractivity (Wildman–Crippen MR) is 163 cm³/mol. The number of aromatic nitrogens is 4. The molecule has 0 saturated heterocycles. The van der Waals surface area contributed by atoms with Crippen molar-refractivity contribution in [3.05, 3.63) is 119 Å². The monoisotopic (exact) mass is 591 g/mol. The molecule has 0 aliphatic rings. The third-order valence-electron chi connectivity index (χ3n) is 7.34. The normalized spacial score (nSPS) is 11.6. The highest BCUT2D eigenvalue weighted by molar-refractivity contribution is 7.90. The van der Waals surface area contributed by atoms with Crippen LogP contribution in [0.15, 0.2) is 102 Å². The first-order valence-electron chi connectivity index (χ1n) is 13.4. The predicted octanol–water partition coefficient (Wildman–Crippen LogP) is 6.52. The van der Waals surface area contributed by atoms with E-state index in [0.29, 0.717) is 51.1 Å².